The first kappa shape index (κ1) is 12.9. The first-order valence-corrected chi connectivity index (χ1v) is 7.04. The molecule has 3 nitrogen and oxygen atoms in total. The maximum atomic E-state index is 12.6. The van der Waals surface area contributed by atoms with Crippen LogP contribution in [0.1, 0.15) is 40.5 Å². The average molecular weight is 266 g/mol. The zero-order chi connectivity index (χ0) is 13.9. The van der Waals surface area contributed by atoms with E-state index in [-0.39, 0.29) is 11.9 Å². The van der Waals surface area contributed by atoms with Gasteiger partial charge in [-0.25, -0.2) is 0 Å². The van der Waals surface area contributed by atoms with Crippen molar-refractivity contribution in [2.75, 3.05) is 6.54 Å². The van der Waals surface area contributed by atoms with Crippen LogP contribution >= 0.6 is 0 Å². The Morgan fingerprint density at radius 1 is 1.20 bits per heavy atom. The molecule has 1 aromatic carbocycles. The lowest BCUT2D eigenvalue weighted by molar-refractivity contribution is 0.0733. The molecule has 1 unspecified atom stereocenters. The average Bonchev–Trinajstić information content (AvgIpc) is 2.97. The Morgan fingerprint density at radius 2 is 2.00 bits per heavy atom. The third kappa shape index (κ3) is 2.44. The summed E-state index contributed by atoms with van der Waals surface area (Å²) in [5, 5.41) is 0. The lowest BCUT2D eigenvalue weighted by atomic mass is 10.1. The highest BCUT2D eigenvalue weighted by molar-refractivity contribution is 5.94. The minimum atomic E-state index is 0.109. The van der Waals surface area contributed by atoms with Crippen molar-refractivity contribution >= 4 is 5.91 Å². The van der Waals surface area contributed by atoms with Gasteiger partial charge < -0.3 is 4.90 Å². The number of benzene rings is 1. The van der Waals surface area contributed by atoms with E-state index in [2.05, 4.69) is 4.98 Å². The molecule has 0 radical (unpaired) electrons. The van der Waals surface area contributed by atoms with Crippen molar-refractivity contribution in [2.24, 2.45) is 0 Å². The van der Waals surface area contributed by atoms with E-state index in [9.17, 15) is 4.79 Å². The molecular weight excluding hydrogens is 248 g/mol. The highest BCUT2D eigenvalue weighted by Gasteiger charge is 2.31. The van der Waals surface area contributed by atoms with Crippen LogP contribution in [0.5, 0.6) is 0 Å². The molecule has 1 atom stereocenters. The van der Waals surface area contributed by atoms with E-state index < -0.39 is 0 Å². The zero-order valence-electron chi connectivity index (χ0n) is 11.6. The number of aryl methyl sites for hydroxylation is 1. The van der Waals surface area contributed by atoms with Gasteiger partial charge >= 0.3 is 0 Å². The number of carbonyl (C=O) groups is 1. The highest BCUT2D eigenvalue weighted by Crippen LogP contribution is 2.31. The van der Waals surface area contributed by atoms with Gasteiger partial charge in [-0.3, -0.25) is 9.78 Å². The Morgan fingerprint density at radius 3 is 2.70 bits per heavy atom. The van der Waals surface area contributed by atoms with E-state index in [0.29, 0.717) is 0 Å². The molecule has 1 aliphatic rings. The SMILES string of the molecule is Cc1ccc(C(=O)N2CCCC2c2ccccn2)cc1. The monoisotopic (exact) mass is 266 g/mol. The molecule has 0 saturated carbocycles. The summed E-state index contributed by atoms with van der Waals surface area (Å²) >= 11 is 0. The van der Waals surface area contributed by atoms with E-state index in [0.717, 1.165) is 30.6 Å². The second-order valence-corrected chi connectivity index (χ2v) is 5.28. The molecule has 20 heavy (non-hydrogen) atoms. The molecule has 0 bridgehead atoms. The largest absolute Gasteiger partial charge is 0.330 e. The van der Waals surface area contributed by atoms with E-state index >= 15 is 0 Å². The molecule has 1 fully saturated rings. The predicted octanol–water partition coefficient (Wildman–Crippen LogP) is 3.37. The van der Waals surface area contributed by atoms with Gasteiger partial charge in [-0.1, -0.05) is 23.8 Å². The number of pyridine rings is 1. The Labute approximate surface area is 119 Å². The maximum absolute atomic E-state index is 12.6. The van der Waals surface area contributed by atoms with Gasteiger partial charge in [0, 0.05) is 18.3 Å². The van der Waals surface area contributed by atoms with Crippen LogP contribution in [0.15, 0.2) is 48.7 Å². The summed E-state index contributed by atoms with van der Waals surface area (Å²) in [7, 11) is 0. The van der Waals surface area contributed by atoms with Gasteiger partial charge in [0.05, 0.1) is 11.7 Å². The first-order valence-electron chi connectivity index (χ1n) is 7.04. The van der Waals surface area contributed by atoms with Crippen molar-refractivity contribution < 1.29 is 4.79 Å². The lowest BCUT2D eigenvalue weighted by Crippen LogP contribution is -2.30. The van der Waals surface area contributed by atoms with Gasteiger partial charge in [0.2, 0.25) is 0 Å². The third-order valence-electron chi connectivity index (χ3n) is 3.84. The third-order valence-corrected chi connectivity index (χ3v) is 3.84. The molecule has 1 aliphatic heterocycles. The van der Waals surface area contributed by atoms with Crippen LogP contribution in [0, 0.1) is 6.92 Å². The molecule has 0 spiro atoms. The summed E-state index contributed by atoms with van der Waals surface area (Å²) in [5.74, 6) is 0.109. The van der Waals surface area contributed by atoms with Crippen LogP contribution in [0.2, 0.25) is 0 Å². The van der Waals surface area contributed by atoms with Crippen molar-refractivity contribution in [2.45, 2.75) is 25.8 Å². The van der Waals surface area contributed by atoms with Crippen LogP contribution in [0.3, 0.4) is 0 Å². The summed E-state index contributed by atoms with van der Waals surface area (Å²) in [6, 6.07) is 13.8. The molecule has 0 aliphatic carbocycles. The van der Waals surface area contributed by atoms with Gasteiger partial charge in [0.15, 0.2) is 0 Å². The molecule has 2 aromatic rings. The maximum Gasteiger partial charge on any atom is 0.254 e. The number of amides is 1. The molecule has 2 heterocycles. The van der Waals surface area contributed by atoms with E-state index in [1.165, 1.54) is 5.56 Å². The van der Waals surface area contributed by atoms with Gasteiger partial charge in [0.25, 0.3) is 5.91 Å². The van der Waals surface area contributed by atoms with E-state index in [4.69, 9.17) is 0 Å². The summed E-state index contributed by atoms with van der Waals surface area (Å²) in [6.07, 6.45) is 3.83. The molecule has 1 aromatic heterocycles. The van der Waals surface area contributed by atoms with Crippen LogP contribution in [-0.2, 0) is 0 Å². The number of rotatable bonds is 2. The van der Waals surface area contributed by atoms with Gasteiger partial charge in [0.1, 0.15) is 0 Å². The van der Waals surface area contributed by atoms with E-state index in [1.807, 2.05) is 54.3 Å². The molecule has 3 rings (SSSR count). The molecular formula is C17H18N2O. The molecule has 102 valence electrons. The summed E-state index contributed by atoms with van der Waals surface area (Å²) in [6.45, 7) is 2.84. The normalized spacial score (nSPS) is 18.2. The molecule has 1 amide bonds. The number of hydrogen-bond donors (Lipinski definition) is 0. The minimum absolute atomic E-state index is 0.109. The van der Waals surface area contributed by atoms with Crippen molar-refractivity contribution in [3.63, 3.8) is 0 Å². The number of carbonyl (C=O) groups excluding carboxylic acids is 1. The fourth-order valence-electron chi connectivity index (χ4n) is 2.75. The van der Waals surface area contributed by atoms with Crippen LogP contribution in [-0.4, -0.2) is 22.3 Å². The quantitative estimate of drug-likeness (QED) is 0.835. The smallest absolute Gasteiger partial charge is 0.254 e. The predicted molar refractivity (Wildman–Crippen MR) is 78.4 cm³/mol. The van der Waals surface area contributed by atoms with Gasteiger partial charge in [-0.05, 0) is 44.0 Å². The van der Waals surface area contributed by atoms with Crippen molar-refractivity contribution in [1.82, 2.24) is 9.88 Å². The number of nitrogens with zero attached hydrogens (tertiary/aromatic N) is 2. The standard InChI is InChI=1S/C17H18N2O/c1-13-7-9-14(10-8-13)17(20)19-12-4-6-16(19)15-5-2-3-11-18-15/h2-3,5,7-11,16H,4,6,12H2,1H3. The van der Waals surface area contributed by atoms with Crippen LogP contribution in [0.4, 0.5) is 0 Å². The second kappa shape index (κ2) is 5.45. The van der Waals surface area contributed by atoms with Gasteiger partial charge in [-0.15, -0.1) is 0 Å². The Kier molecular flexibility index (Phi) is 3.50. The Hall–Kier alpha value is -2.16. The minimum Gasteiger partial charge on any atom is -0.330 e. The highest BCUT2D eigenvalue weighted by atomic mass is 16.2. The summed E-state index contributed by atoms with van der Waals surface area (Å²) in [4.78, 5) is 19.0. The fraction of sp³-hybridized carbons (Fsp3) is 0.294. The number of hydrogen-bond acceptors (Lipinski definition) is 2. The second-order valence-electron chi connectivity index (χ2n) is 5.28. The number of likely N-dealkylation sites (tertiary alicyclic amines) is 1. The van der Waals surface area contributed by atoms with Crippen LogP contribution in [0.25, 0.3) is 0 Å². The Balaban J connectivity index is 1.85. The van der Waals surface area contributed by atoms with Crippen molar-refractivity contribution in [3.05, 3.63) is 65.5 Å². The van der Waals surface area contributed by atoms with Gasteiger partial charge in [-0.2, -0.15) is 0 Å². The molecule has 1 saturated heterocycles. The van der Waals surface area contributed by atoms with Crippen molar-refractivity contribution in [3.8, 4) is 0 Å². The van der Waals surface area contributed by atoms with Crippen molar-refractivity contribution in [1.29, 1.82) is 0 Å². The van der Waals surface area contributed by atoms with E-state index in [1.54, 1.807) is 6.20 Å². The zero-order valence-corrected chi connectivity index (χ0v) is 11.6. The summed E-state index contributed by atoms with van der Waals surface area (Å²) < 4.78 is 0. The molecule has 0 N–H and O–H groups in total. The first-order chi connectivity index (χ1) is 9.75. The fourth-order valence-corrected chi connectivity index (χ4v) is 2.75. The van der Waals surface area contributed by atoms with Crippen LogP contribution < -0.4 is 0 Å². The number of aromatic nitrogens is 1. The topological polar surface area (TPSA) is 33.2 Å². The summed E-state index contributed by atoms with van der Waals surface area (Å²) in [5.41, 5.74) is 2.92. The lowest BCUT2D eigenvalue weighted by Gasteiger charge is -2.24. The molecule has 3 heteroatoms. The Bertz CT molecular complexity index is 592.